The van der Waals surface area contributed by atoms with Gasteiger partial charge in [-0.15, -0.1) is 0 Å². The zero-order valence-corrected chi connectivity index (χ0v) is 9.96. The molecule has 0 fully saturated rings. The fourth-order valence-corrected chi connectivity index (χ4v) is 1.80. The number of nitrogens with two attached hydrogens (primary N) is 1. The van der Waals surface area contributed by atoms with Gasteiger partial charge in [0.15, 0.2) is 5.16 Å². The molecule has 1 atom stereocenters. The highest BCUT2D eigenvalue weighted by Crippen LogP contribution is 2.11. The first-order valence-electron chi connectivity index (χ1n) is 4.90. The molecule has 0 aliphatic carbocycles. The largest absolute Gasteiger partial charge is 0.384 e. The minimum absolute atomic E-state index is 0.153. The predicted molar refractivity (Wildman–Crippen MR) is 62.0 cm³/mol. The fourth-order valence-electron chi connectivity index (χ4n) is 1.11. The van der Waals surface area contributed by atoms with Crippen LogP contribution in [-0.4, -0.2) is 35.5 Å². The number of thioether (sulfide) groups is 1. The highest BCUT2D eigenvalue weighted by Gasteiger charge is 2.00. The van der Waals surface area contributed by atoms with Crippen molar-refractivity contribution in [3.05, 3.63) is 18.0 Å². The molecule has 5 heteroatoms. The van der Waals surface area contributed by atoms with Gasteiger partial charge in [-0.05, 0) is 18.9 Å². The summed E-state index contributed by atoms with van der Waals surface area (Å²) < 4.78 is 4.95. The van der Waals surface area contributed by atoms with E-state index in [9.17, 15) is 0 Å². The van der Waals surface area contributed by atoms with Crippen LogP contribution in [0.4, 0.5) is 0 Å². The lowest BCUT2D eigenvalue weighted by atomic mass is 10.1. The number of hydrogen-bond acceptors (Lipinski definition) is 5. The maximum absolute atomic E-state index is 5.68. The third kappa shape index (κ3) is 5.11. The quantitative estimate of drug-likeness (QED) is 0.448. The molecule has 0 saturated carbocycles. The Morgan fingerprint density at radius 1 is 1.47 bits per heavy atom. The molecule has 4 nitrogen and oxygen atoms in total. The first-order chi connectivity index (χ1) is 7.22. The van der Waals surface area contributed by atoms with Crippen molar-refractivity contribution in [1.82, 2.24) is 9.97 Å². The smallest absolute Gasteiger partial charge is 0.187 e. The minimum atomic E-state index is 0.153. The molecule has 1 unspecified atom stereocenters. The van der Waals surface area contributed by atoms with E-state index in [1.165, 1.54) is 0 Å². The summed E-state index contributed by atoms with van der Waals surface area (Å²) in [5, 5.41) is 0.792. The van der Waals surface area contributed by atoms with Crippen molar-refractivity contribution in [3.63, 3.8) is 0 Å². The highest BCUT2D eigenvalue weighted by molar-refractivity contribution is 7.99. The van der Waals surface area contributed by atoms with Crippen LogP contribution in [0, 0.1) is 0 Å². The SMILES string of the molecule is COCCSc1ncc(CC(C)N)cn1. The third-order valence-corrected chi connectivity index (χ3v) is 2.60. The Balaban J connectivity index is 2.42. The van der Waals surface area contributed by atoms with E-state index < -0.39 is 0 Å². The molecule has 1 heterocycles. The summed E-state index contributed by atoms with van der Waals surface area (Å²) in [4.78, 5) is 8.49. The van der Waals surface area contributed by atoms with Gasteiger partial charge in [-0.25, -0.2) is 9.97 Å². The van der Waals surface area contributed by atoms with E-state index >= 15 is 0 Å². The summed E-state index contributed by atoms with van der Waals surface area (Å²) in [5.74, 6) is 0.878. The van der Waals surface area contributed by atoms with E-state index in [1.54, 1.807) is 18.9 Å². The van der Waals surface area contributed by atoms with Crippen LogP contribution in [-0.2, 0) is 11.2 Å². The molecule has 0 radical (unpaired) electrons. The van der Waals surface area contributed by atoms with Gasteiger partial charge < -0.3 is 10.5 Å². The van der Waals surface area contributed by atoms with Gasteiger partial charge >= 0.3 is 0 Å². The Hall–Kier alpha value is -0.650. The maximum atomic E-state index is 5.68. The van der Waals surface area contributed by atoms with Crippen LogP contribution in [0.2, 0.25) is 0 Å². The number of rotatable bonds is 6. The van der Waals surface area contributed by atoms with E-state index in [0.717, 1.165) is 29.5 Å². The van der Waals surface area contributed by atoms with Crippen LogP contribution in [0.3, 0.4) is 0 Å². The van der Waals surface area contributed by atoms with E-state index in [0.29, 0.717) is 0 Å². The molecule has 1 rings (SSSR count). The fraction of sp³-hybridized carbons (Fsp3) is 0.600. The number of nitrogens with zero attached hydrogens (tertiary/aromatic N) is 2. The second kappa shape index (κ2) is 6.76. The number of hydrogen-bond donors (Lipinski definition) is 1. The summed E-state index contributed by atoms with van der Waals surface area (Å²) in [7, 11) is 1.69. The third-order valence-electron chi connectivity index (χ3n) is 1.76. The summed E-state index contributed by atoms with van der Waals surface area (Å²) >= 11 is 1.59. The zero-order valence-electron chi connectivity index (χ0n) is 9.14. The van der Waals surface area contributed by atoms with Crippen molar-refractivity contribution in [2.24, 2.45) is 5.73 Å². The second-order valence-corrected chi connectivity index (χ2v) is 4.46. The van der Waals surface area contributed by atoms with Crippen LogP contribution in [0.1, 0.15) is 12.5 Å². The summed E-state index contributed by atoms with van der Waals surface area (Å²) in [6.07, 6.45) is 4.50. The topological polar surface area (TPSA) is 61.0 Å². The molecular formula is C10H17N3OS. The van der Waals surface area contributed by atoms with E-state index in [1.807, 2.05) is 19.3 Å². The Morgan fingerprint density at radius 2 is 2.13 bits per heavy atom. The van der Waals surface area contributed by atoms with Crippen LogP contribution < -0.4 is 5.73 Å². The zero-order chi connectivity index (χ0) is 11.1. The second-order valence-electron chi connectivity index (χ2n) is 3.40. The number of aromatic nitrogens is 2. The van der Waals surface area contributed by atoms with Crippen molar-refractivity contribution < 1.29 is 4.74 Å². The average molecular weight is 227 g/mol. The normalized spacial score (nSPS) is 12.7. The molecule has 0 spiro atoms. The molecule has 0 bridgehead atoms. The first kappa shape index (κ1) is 12.4. The van der Waals surface area contributed by atoms with Crippen molar-refractivity contribution in [3.8, 4) is 0 Å². The van der Waals surface area contributed by atoms with Crippen molar-refractivity contribution in [2.75, 3.05) is 19.5 Å². The van der Waals surface area contributed by atoms with Gasteiger partial charge in [-0.1, -0.05) is 11.8 Å². The van der Waals surface area contributed by atoms with E-state index in [-0.39, 0.29) is 6.04 Å². The molecule has 0 saturated heterocycles. The summed E-state index contributed by atoms with van der Waals surface area (Å²) in [6, 6.07) is 0.153. The molecule has 0 amide bonds. The van der Waals surface area contributed by atoms with E-state index in [4.69, 9.17) is 10.5 Å². The standard InChI is InChI=1S/C10H17N3OS/c1-8(11)5-9-6-12-10(13-7-9)15-4-3-14-2/h6-8H,3-5,11H2,1-2H3. The van der Waals surface area contributed by atoms with Gasteiger partial charge in [0, 0.05) is 31.3 Å². The molecule has 2 N–H and O–H groups in total. The number of methoxy groups -OCH3 is 1. The molecule has 15 heavy (non-hydrogen) atoms. The molecule has 0 aliphatic heterocycles. The monoisotopic (exact) mass is 227 g/mol. The lowest BCUT2D eigenvalue weighted by Gasteiger charge is -2.04. The Morgan fingerprint density at radius 3 is 2.67 bits per heavy atom. The molecule has 84 valence electrons. The van der Waals surface area contributed by atoms with Gasteiger partial charge in [-0.2, -0.15) is 0 Å². The minimum Gasteiger partial charge on any atom is -0.384 e. The van der Waals surface area contributed by atoms with Crippen molar-refractivity contribution in [2.45, 2.75) is 24.5 Å². The van der Waals surface area contributed by atoms with Crippen LogP contribution in [0.15, 0.2) is 17.6 Å². The van der Waals surface area contributed by atoms with Gasteiger partial charge in [0.2, 0.25) is 0 Å². The molecule has 0 aromatic carbocycles. The average Bonchev–Trinajstić information content (AvgIpc) is 2.20. The highest BCUT2D eigenvalue weighted by atomic mass is 32.2. The van der Waals surface area contributed by atoms with Crippen LogP contribution >= 0.6 is 11.8 Å². The Bertz CT molecular complexity index is 277. The van der Waals surface area contributed by atoms with Crippen molar-refractivity contribution in [1.29, 1.82) is 0 Å². The van der Waals surface area contributed by atoms with Crippen molar-refractivity contribution >= 4 is 11.8 Å². The molecule has 1 aromatic heterocycles. The first-order valence-corrected chi connectivity index (χ1v) is 5.89. The van der Waals surface area contributed by atoms with Crippen LogP contribution in [0.5, 0.6) is 0 Å². The van der Waals surface area contributed by atoms with Gasteiger partial charge in [0.1, 0.15) is 0 Å². The Labute approximate surface area is 94.6 Å². The van der Waals surface area contributed by atoms with E-state index in [2.05, 4.69) is 9.97 Å². The molecule has 1 aromatic rings. The lowest BCUT2D eigenvalue weighted by molar-refractivity contribution is 0.218. The predicted octanol–water partition coefficient (Wildman–Crippen LogP) is 1.10. The van der Waals surface area contributed by atoms with Gasteiger partial charge in [0.25, 0.3) is 0 Å². The molecule has 0 aliphatic rings. The number of ether oxygens (including phenoxy) is 1. The lowest BCUT2D eigenvalue weighted by Crippen LogP contribution is -2.18. The van der Waals surface area contributed by atoms with Crippen LogP contribution in [0.25, 0.3) is 0 Å². The Kier molecular flexibility index (Phi) is 5.60. The van der Waals surface area contributed by atoms with Gasteiger partial charge in [-0.3, -0.25) is 0 Å². The molecular weight excluding hydrogens is 210 g/mol. The summed E-state index contributed by atoms with van der Waals surface area (Å²) in [6.45, 7) is 2.69. The maximum Gasteiger partial charge on any atom is 0.187 e. The summed E-state index contributed by atoms with van der Waals surface area (Å²) in [5.41, 5.74) is 6.77. The van der Waals surface area contributed by atoms with Gasteiger partial charge in [0.05, 0.1) is 6.61 Å².